The highest BCUT2D eigenvalue weighted by atomic mass is 35.5. The monoisotopic (exact) mass is 397 g/mol. The molecule has 136 valence electrons. The fourth-order valence-electron chi connectivity index (χ4n) is 2.79. The third kappa shape index (κ3) is 3.84. The number of nitrogens with zero attached hydrogens (tertiary/aromatic N) is 4. The van der Waals surface area contributed by atoms with E-state index in [0.717, 1.165) is 28.3 Å². The summed E-state index contributed by atoms with van der Waals surface area (Å²) in [5, 5.41) is 8.19. The highest BCUT2D eigenvalue weighted by molar-refractivity contribution is 7.83. The van der Waals surface area contributed by atoms with E-state index in [1.807, 2.05) is 48.5 Å². The fraction of sp³-hybridized carbons (Fsp3) is 0.105. The van der Waals surface area contributed by atoms with Gasteiger partial charge in [0, 0.05) is 45.1 Å². The minimum Gasteiger partial charge on any atom is -0.340 e. The highest BCUT2D eigenvalue weighted by Gasteiger charge is 2.11. The Morgan fingerprint density at radius 2 is 1.96 bits per heavy atom. The van der Waals surface area contributed by atoms with E-state index in [4.69, 9.17) is 11.6 Å². The smallest absolute Gasteiger partial charge is 0.254 e. The van der Waals surface area contributed by atoms with Gasteiger partial charge in [-0.2, -0.15) is 14.6 Å². The highest BCUT2D eigenvalue weighted by Crippen LogP contribution is 2.26. The summed E-state index contributed by atoms with van der Waals surface area (Å²) in [6.45, 7) is 0. The van der Waals surface area contributed by atoms with Crippen LogP contribution in [-0.2, 0) is 16.6 Å². The van der Waals surface area contributed by atoms with E-state index in [2.05, 4.69) is 20.4 Å². The Bertz CT molecular complexity index is 1130. The molecule has 4 aromatic rings. The largest absolute Gasteiger partial charge is 0.340 e. The molecule has 0 saturated carbocycles. The second-order valence-corrected chi connectivity index (χ2v) is 7.86. The molecule has 8 heteroatoms. The summed E-state index contributed by atoms with van der Waals surface area (Å²) in [6.07, 6.45) is 3.13. The van der Waals surface area contributed by atoms with Gasteiger partial charge in [-0.1, -0.05) is 41.9 Å². The Kier molecular flexibility index (Phi) is 4.87. The van der Waals surface area contributed by atoms with Gasteiger partial charge >= 0.3 is 0 Å². The average Bonchev–Trinajstić information content (AvgIpc) is 3.14. The van der Waals surface area contributed by atoms with Crippen LogP contribution in [0.5, 0.6) is 0 Å². The molecule has 0 spiro atoms. The molecular formula is C19H16ClN5OS. The Balaban J connectivity index is 1.76. The average molecular weight is 398 g/mol. The first-order chi connectivity index (χ1) is 13.1. The molecule has 0 aliphatic carbocycles. The molecule has 0 saturated heterocycles. The normalized spacial score (nSPS) is 12.2. The van der Waals surface area contributed by atoms with E-state index in [9.17, 15) is 4.21 Å². The number of halogens is 1. The van der Waals surface area contributed by atoms with Crippen LogP contribution in [0.25, 0.3) is 17.0 Å². The zero-order valence-corrected chi connectivity index (χ0v) is 16.0. The molecule has 0 fully saturated rings. The van der Waals surface area contributed by atoms with E-state index in [-0.39, 0.29) is 0 Å². The Labute approximate surface area is 163 Å². The lowest BCUT2D eigenvalue weighted by Crippen LogP contribution is -2.03. The minimum absolute atomic E-state index is 0.401. The van der Waals surface area contributed by atoms with Gasteiger partial charge in [0.2, 0.25) is 0 Å². The number of anilines is 2. The Morgan fingerprint density at radius 3 is 2.74 bits per heavy atom. The Hall–Kier alpha value is -2.77. The van der Waals surface area contributed by atoms with Gasteiger partial charge in [-0.15, -0.1) is 0 Å². The van der Waals surface area contributed by atoms with Crippen LogP contribution in [-0.4, -0.2) is 30.0 Å². The first-order valence-corrected chi connectivity index (χ1v) is 10.3. The molecule has 1 atom stereocenters. The SMILES string of the molecule is CS(=O)Cc1cc(Nc2cc(-c3ccccc3)nc3ncnn23)ccc1Cl. The molecular weight excluding hydrogens is 382 g/mol. The second-order valence-electron chi connectivity index (χ2n) is 6.01. The van der Waals surface area contributed by atoms with Gasteiger partial charge in [0.15, 0.2) is 0 Å². The van der Waals surface area contributed by atoms with Gasteiger partial charge in [0.1, 0.15) is 12.1 Å². The van der Waals surface area contributed by atoms with Crippen molar-refractivity contribution in [3.8, 4) is 11.3 Å². The maximum atomic E-state index is 11.6. The number of nitrogens with one attached hydrogen (secondary N) is 1. The standard InChI is InChI=1S/C19H16ClN5OS/c1-27(26)11-14-9-15(7-8-16(14)20)23-18-10-17(13-5-3-2-4-6-13)24-19-21-12-22-25(18)19/h2-10,12,23H,11H2,1H3. The van der Waals surface area contributed by atoms with Gasteiger partial charge in [0.25, 0.3) is 5.78 Å². The van der Waals surface area contributed by atoms with Crippen LogP contribution in [0.4, 0.5) is 11.5 Å². The first kappa shape index (κ1) is 17.6. The van der Waals surface area contributed by atoms with Crippen molar-refractivity contribution in [3.63, 3.8) is 0 Å². The number of hydrogen-bond acceptors (Lipinski definition) is 5. The van der Waals surface area contributed by atoms with Crippen LogP contribution < -0.4 is 5.32 Å². The van der Waals surface area contributed by atoms with Crippen molar-refractivity contribution in [3.05, 3.63) is 71.5 Å². The van der Waals surface area contributed by atoms with E-state index in [0.29, 0.717) is 16.6 Å². The molecule has 1 unspecified atom stereocenters. The topological polar surface area (TPSA) is 72.2 Å². The Morgan fingerprint density at radius 1 is 1.15 bits per heavy atom. The van der Waals surface area contributed by atoms with Crippen molar-refractivity contribution < 1.29 is 4.21 Å². The minimum atomic E-state index is -0.976. The maximum Gasteiger partial charge on any atom is 0.254 e. The second kappa shape index (κ2) is 7.46. The quantitative estimate of drug-likeness (QED) is 0.549. The summed E-state index contributed by atoms with van der Waals surface area (Å²) < 4.78 is 13.2. The molecule has 0 aliphatic rings. The number of hydrogen-bond donors (Lipinski definition) is 1. The van der Waals surface area contributed by atoms with Crippen LogP contribution in [0, 0.1) is 0 Å². The fourth-order valence-corrected chi connectivity index (χ4v) is 3.73. The number of benzene rings is 2. The number of rotatable bonds is 5. The van der Waals surface area contributed by atoms with Crippen LogP contribution in [0.1, 0.15) is 5.56 Å². The number of aromatic nitrogens is 4. The summed E-state index contributed by atoms with van der Waals surface area (Å²) in [7, 11) is -0.976. The van der Waals surface area contributed by atoms with E-state index < -0.39 is 10.8 Å². The molecule has 0 amide bonds. The van der Waals surface area contributed by atoms with Gasteiger partial charge in [-0.25, -0.2) is 4.98 Å². The van der Waals surface area contributed by atoms with Gasteiger partial charge in [0.05, 0.1) is 5.69 Å². The van der Waals surface area contributed by atoms with E-state index in [1.54, 1.807) is 16.8 Å². The number of fused-ring (bicyclic) bond motifs is 1. The molecule has 0 radical (unpaired) electrons. The summed E-state index contributed by atoms with van der Waals surface area (Å²) >= 11 is 6.23. The molecule has 1 N–H and O–H groups in total. The van der Waals surface area contributed by atoms with Gasteiger partial charge in [-0.3, -0.25) is 4.21 Å². The predicted molar refractivity (Wildman–Crippen MR) is 109 cm³/mol. The van der Waals surface area contributed by atoms with Crippen molar-refractivity contribution in [1.29, 1.82) is 0 Å². The van der Waals surface area contributed by atoms with Crippen LogP contribution in [0.3, 0.4) is 0 Å². The molecule has 2 heterocycles. The molecule has 4 rings (SSSR count). The molecule has 0 bridgehead atoms. The lowest BCUT2D eigenvalue weighted by molar-refractivity contribution is 0.686. The van der Waals surface area contributed by atoms with Crippen molar-refractivity contribution >= 4 is 39.7 Å². The van der Waals surface area contributed by atoms with Crippen LogP contribution in [0.2, 0.25) is 5.02 Å². The maximum absolute atomic E-state index is 11.6. The summed E-state index contributed by atoms with van der Waals surface area (Å²) in [4.78, 5) is 8.78. The summed E-state index contributed by atoms with van der Waals surface area (Å²) in [5.41, 5.74) is 3.43. The van der Waals surface area contributed by atoms with E-state index in [1.165, 1.54) is 6.33 Å². The molecule has 27 heavy (non-hydrogen) atoms. The zero-order valence-electron chi connectivity index (χ0n) is 14.5. The van der Waals surface area contributed by atoms with Crippen molar-refractivity contribution in [2.24, 2.45) is 0 Å². The summed E-state index contributed by atoms with van der Waals surface area (Å²) in [6, 6.07) is 17.4. The summed E-state index contributed by atoms with van der Waals surface area (Å²) in [5.74, 6) is 1.63. The van der Waals surface area contributed by atoms with Crippen LogP contribution >= 0.6 is 11.6 Å². The lowest BCUT2D eigenvalue weighted by atomic mass is 10.1. The molecule has 2 aromatic carbocycles. The lowest BCUT2D eigenvalue weighted by Gasteiger charge is -2.12. The van der Waals surface area contributed by atoms with Gasteiger partial charge in [-0.05, 0) is 23.8 Å². The van der Waals surface area contributed by atoms with Crippen molar-refractivity contribution in [1.82, 2.24) is 19.6 Å². The third-order valence-electron chi connectivity index (χ3n) is 4.00. The van der Waals surface area contributed by atoms with Crippen molar-refractivity contribution in [2.45, 2.75) is 5.75 Å². The molecule has 0 aliphatic heterocycles. The van der Waals surface area contributed by atoms with Crippen LogP contribution in [0.15, 0.2) is 60.9 Å². The third-order valence-corrected chi connectivity index (χ3v) is 5.08. The first-order valence-electron chi connectivity index (χ1n) is 8.22. The molecule has 6 nitrogen and oxygen atoms in total. The van der Waals surface area contributed by atoms with Gasteiger partial charge < -0.3 is 5.32 Å². The van der Waals surface area contributed by atoms with Crippen molar-refractivity contribution in [2.75, 3.05) is 11.6 Å². The zero-order chi connectivity index (χ0) is 18.8. The van der Waals surface area contributed by atoms with E-state index >= 15 is 0 Å². The predicted octanol–water partition coefficient (Wildman–Crippen LogP) is 4.07. The molecule has 2 aromatic heterocycles.